The molecule has 0 radical (unpaired) electrons. The highest BCUT2D eigenvalue weighted by atomic mass is 16.4. The number of aromatic nitrogens is 1. The molecule has 0 unspecified atom stereocenters. The number of aliphatic carboxylic acids is 1. The Morgan fingerprint density at radius 2 is 1.33 bits per heavy atom. The van der Waals surface area contributed by atoms with Gasteiger partial charge in [-0.25, -0.2) is 4.79 Å². The summed E-state index contributed by atoms with van der Waals surface area (Å²) >= 11 is 0. The molecule has 5 N–H and O–H groups in total. The molecular weight excluding hydrogens is 426 g/mol. The predicted octanol–water partition coefficient (Wildman–Crippen LogP) is 1.65. The number of hydrogen-bond acceptors (Lipinski definition) is 6. The fourth-order valence-electron chi connectivity index (χ4n) is 3.16. The van der Waals surface area contributed by atoms with Crippen molar-refractivity contribution in [1.29, 1.82) is 0 Å². The molecule has 9 heteroatoms. The van der Waals surface area contributed by atoms with Crippen LogP contribution in [0.5, 0.6) is 11.5 Å². The van der Waals surface area contributed by atoms with Gasteiger partial charge in [-0.3, -0.25) is 14.6 Å². The summed E-state index contributed by atoms with van der Waals surface area (Å²) in [5.41, 5.74) is 1.51. The number of pyridine rings is 1. The maximum absolute atomic E-state index is 13.0. The molecule has 170 valence electrons. The van der Waals surface area contributed by atoms with E-state index in [0.29, 0.717) is 11.1 Å². The maximum Gasteiger partial charge on any atom is 0.326 e. The SMILES string of the molecule is O=C(N[C@@H](Cc1ccc(O)cc1)C(=O)N[C@@H](Cc1ccc(O)cc1)C(=O)O)c1cccnc1. The molecule has 0 bridgehead atoms. The lowest BCUT2D eigenvalue weighted by Gasteiger charge is -2.22. The zero-order valence-electron chi connectivity index (χ0n) is 17.5. The fraction of sp³-hybridized carbons (Fsp3) is 0.167. The standard InChI is InChI=1S/C24H23N3O6/c28-18-7-3-15(4-8-18)12-20(26-22(30)17-2-1-11-25-14-17)23(31)27-21(24(32)33)13-16-5-9-19(29)10-6-16/h1-11,14,20-21,28-29H,12-13H2,(H,26,30)(H,27,31)(H,32,33)/t20-,21-/m0/s1. The van der Waals surface area contributed by atoms with E-state index in [1.54, 1.807) is 36.4 Å². The van der Waals surface area contributed by atoms with Gasteiger partial charge in [-0.05, 0) is 47.5 Å². The van der Waals surface area contributed by atoms with Gasteiger partial charge in [0.15, 0.2) is 0 Å². The number of nitrogens with zero attached hydrogens (tertiary/aromatic N) is 1. The van der Waals surface area contributed by atoms with Gasteiger partial charge in [-0.2, -0.15) is 0 Å². The lowest BCUT2D eigenvalue weighted by Crippen LogP contribution is -2.53. The summed E-state index contributed by atoms with van der Waals surface area (Å²) in [5.74, 6) is -2.35. The largest absolute Gasteiger partial charge is 0.508 e. The van der Waals surface area contributed by atoms with Crippen LogP contribution in [0.15, 0.2) is 73.1 Å². The molecule has 1 aromatic heterocycles. The van der Waals surface area contributed by atoms with Crippen LogP contribution < -0.4 is 10.6 Å². The minimum Gasteiger partial charge on any atom is -0.508 e. The van der Waals surface area contributed by atoms with Crippen LogP contribution in [0.2, 0.25) is 0 Å². The molecule has 3 aromatic rings. The van der Waals surface area contributed by atoms with E-state index in [4.69, 9.17) is 0 Å². The Kier molecular flexibility index (Phi) is 7.59. The molecular formula is C24H23N3O6. The number of carbonyl (C=O) groups excluding carboxylic acids is 2. The molecule has 0 spiro atoms. The summed E-state index contributed by atoms with van der Waals surface area (Å²) in [6.07, 6.45) is 2.93. The average molecular weight is 449 g/mol. The topological polar surface area (TPSA) is 149 Å². The van der Waals surface area contributed by atoms with Crippen molar-refractivity contribution in [3.8, 4) is 11.5 Å². The van der Waals surface area contributed by atoms with Crippen LogP contribution >= 0.6 is 0 Å². The van der Waals surface area contributed by atoms with Crippen LogP contribution in [-0.4, -0.2) is 50.2 Å². The van der Waals surface area contributed by atoms with Crippen molar-refractivity contribution in [2.75, 3.05) is 0 Å². The molecule has 2 aromatic carbocycles. The van der Waals surface area contributed by atoms with E-state index in [1.165, 1.54) is 36.7 Å². The van der Waals surface area contributed by atoms with Gasteiger partial charge in [0.05, 0.1) is 5.56 Å². The number of rotatable bonds is 9. The van der Waals surface area contributed by atoms with Crippen molar-refractivity contribution in [3.63, 3.8) is 0 Å². The second-order valence-electron chi connectivity index (χ2n) is 7.41. The molecule has 0 saturated carbocycles. The number of nitrogens with one attached hydrogen (secondary N) is 2. The first kappa shape index (κ1) is 23.3. The Balaban J connectivity index is 1.78. The fourth-order valence-corrected chi connectivity index (χ4v) is 3.16. The van der Waals surface area contributed by atoms with Crippen LogP contribution in [0.25, 0.3) is 0 Å². The maximum atomic E-state index is 13.0. The molecule has 3 rings (SSSR count). The number of aromatic hydroxyl groups is 2. The van der Waals surface area contributed by atoms with Crippen molar-refractivity contribution in [3.05, 3.63) is 89.7 Å². The van der Waals surface area contributed by atoms with E-state index < -0.39 is 29.9 Å². The van der Waals surface area contributed by atoms with Crippen molar-refractivity contribution < 1.29 is 29.7 Å². The number of phenols is 2. The van der Waals surface area contributed by atoms with E-state index in [2.05, 4.69) is 15.6 Å². The highest BCUT2D eigenvalue weighted by Crippen LogP contribution is 2.14. The Morgan fingerprint density at radius 1 is 0.788 bits per heavy atom. The monoisotopic (exact) mass is 449 g/mol. The van der Waals surface area contributed by atoms with Crippen molar-refractivity contribution in [1.82, 2.24) is 15.6 Å². The van der Waals surface area contributed by atoms with Gasteiger partial charge in [0.1, 0.15) is 23.6 Å². The van der Waals surface area contributed by atoms with Crippen molar-refractivity contribution in [2.24, 2.45) is 0 Å². The van der Waals surface area contributed by atoms with E-state index in [0.717, 1.165) is 0 Å². The number of hydrogen-bond donors (Lipinski definition) is 5. The first-order valence-corrected chi connectivity index (χ1v) is 10.1. The third-order valence-corrected chi connectivity index (χ3v) is 4.91. The molecule has 0 aliphatic carbocycles. The number of carboxylic acid groups (broad SMARTS) is 1. The van der Waals surface area contributed by atoms with E-state index in [9.17, 15) is 29.7 Å². The molecule has 2 atom stereocenters. The molecule has 0 saturated heterocycles. The summed E-state index contributed by atoms with van der Waals surface area (Å²) in [6.45, 7) is 0. The zero-order valence-corrected chi connectivity index (χ0v) is 17.5. The van der Waals surface area contributed by atoms with Crippen LogP contribution in [0.4, 0.5) is 0 Å². The third-order valence-electron chi connectivity index (χ3n) is 4.91. The minimum atomic E-state index is -1.25. The van der Waals surface area contributed by atoms with Crippen LogP contribution in [0.1, 0.15) is 21.5 Å². The second kappa shape index (κ2) is 10.8. The smallest absolute Gasteiger partial charge is 0.326 e. The second-order valence-corrected chi connectivity index (χ2v) is 7.41. The average Bonchev–Trinajstić information content (AvgIpc) is 2.81. The summed E-state index contributed by atoms with van der Waals surface area (Å²) in [6, 6.07) is 12.9. The number of amides is 2. The van der Waals surface area contributed by atoms with Gasteiger partial charge in [-0.15, -0.1) is 0 Å². The molecule has 2 amide bonds. The Bertz CT molecular complexity index is 1100. The van der Waals surface area contributed by atoms with Crippen LogP contribution in [-0.2, 0) is 22.4 Å². The summed E-state index contributed by atoms with van der Waals surface area (Å²) in [5, 5.41) is 33.6. The molecule has 0 aliphatic heterocycles. The van der Waals surface area contributed by atoms with E-state index in [1.807, 2.05) is 0 Å². The number of phenolic OH excluding ortho intramolecular Hbond substituents is 2. The Hall–Kier alpha value is -4.40. The van der Waals surface area contributed by atoms with Gasteiger partial charge in [0.2, 0.25) is 5.91 Å². The number of carboxylic acids is 1. The molecule has 0 fully saturated rings. The lowest BCUT2D eigenvalue weighted by molar-refractivity contribution is -0.142. The van der Waals surface area contributed by atoms with E-state index in [-0.39, 0.29) is 29.9 Å². The van der Waals surface area contributed by atoms with Gasteiger partial charge in [0, 0.05) is 25.2 Å². The van der Waals surface area contributed by atoms with Gasteiger partial charge in [-0.1, -0.05) is 24.3 Å². The zero-order chi connectivity index (χ0) is 23.8. The minimum absolute atomic E-state index is 0.0101. The molecule has 33 heavy (non-hydrogen) atoms. The molecule has 1 heterocycles. The third kappa shape index (κ3) is 6.79. The number of benzene rings is 2. The quantitative estimate of drug-likeness (QED) is 0.333. The number of carbonyl (C=O) groups is 3. The summed E-state index contributed by atoms with van der Waals surface area (Å²) < 4.78 is 0. The molecule has 0 aliphatic rings. The summed E-state index contributed by atoms with van der Waals surface area (Å²) in [4.78, 5) is 41.4. The lowest BCUT2D eigenvalue weighted by atomic mass is 10.0. The van der Waals surface area contributed by atoms with Gasteiger partial charge in [0.25, 0.3) is 5.91 Å². The van der Waals surface area contributed by atoms with E-state index >= 15 is 0 Å². The predicted molar refractivity (Wildman–Crippen MR) is 119 cm³/mol. The van der Waals surface area contributed by atoms with Crippen LogP contribution in [0, 0.1) is 0 Å². The normalized spacial score (nSPS) is 12.4. The molecule has 9 nitrogen and oxygen atoms in total. The first-order valence-electron chi connectivity index (χ1n) is 10.1. The summed E-state index contributed by atoms with van der Waals surface area (Å²) in [7, 11) is 0. The van der Waals surface area contributed by atoms with Gasteiger partial charge < -0.3 is 26.0 Å². The highest BCUT2D eigenvalue weighted by molar-refractivity contribution is 5.98. The van der Waals surface area contributed by atoms with Gasteiger partial charge >= 0.3 is 5.97 Å². The van der Waals surface area contributed by atoms with Crippen molar-refractivity contribution in [2.45, 2.75) is 24.9 Å². The first-order chi connectivity index (χ1) is 15.8. The Morgan fingerprint density at radius 3 is 1.82 bits per heavy atom. The Labute approximate surface area is 189 Å². The van der Waals surface area contributed by atoms with Crippen LogP contribution in [0.3, 0.4) is 0 Å². The van der Waals surface area contributed by atoms with Crippen molar-refractivity contribution >= 4 is 17.8 Å². The highest BCUT2D eigenvalue weighted by Gasteiger charge is 2.27.